The Labute approximate surface area is 377 Å². The molecular formula is C61H56N2O. The number of para-hydroxylation sites is 2. The van der Waals surface area contributed by atoms with Crippen LogP contribution >= 0.6 is 0 Å². The fourth-order valence-corrected chi connectivity index (χ4v) is 13.6. The van der Waals surface area contributed by atoms with E-state index in [1.807, 2.05) is 0 Å². The van der Waals surface area contributed by atoms with Crippen LogP contribution in [0.25, 0.3) is 39.7 Å². The van der Waals surface area contributed by atoms with Crippen molar-refractivity contribution < 1.29 is 4.42 Å². The van der Waals surface area contributed by atoms with Crippen LogP contribution in [0, 0.1) is 17.8 Å². The standard InChI is InChI=1S/C61H56N2O/c1-4-16-43(17-5-1)61(44-18-6-2-7-19-44)55-25-13-10-22-49(55)50-35-33-47(39-56(50)61)62(48-34-36-53-52-24-12-15-27-59(52)64-60(53)40-48)46-31-28-41(29-32-46)42-30-37-58-54(38-42)51-23-11-14-26-57(51)63(58)45-20-8-3-9-21-45/h1,3-5,8-9,11,13-17,20-21,23,25-28,31-36,38-41,44,49,55H,2,6-7,10,12,18-19,22,24,29-30,37H2. The Morgan fingerprint density at radius 3 is 2.34 bits per heavy atom. The second-order valence-corrected chi connectivity index (χ2v) is 19.5. The molecular weight excluding hydrogens is 777 g/mol. The zero-order chi connectivity index (χ0) is 42.2. The van der Waals surface area contributed by atoms with Crippen LogP contribution in [0.1, 0.15) is 109 Å². The molecule has 6 aliphatic rings. The normalized spacial score (nSPS) is 23.7. The van der Waals surface area contributed by atoms with Gasteiger partial charge in [0.05, 0.1) is 5.52 Å². The average Bonchev–Trinajstić information content (AvgIpc) is 4.01. The molecule has 316 valence electrons. The molecule has 64 heavy (non-hydrogen) atoms. The van der Waals surface area contributed by atoms with Crippen LogP contribution in [0.3, 0.4) is 0 Å². The molecule has 0 amide bonds. The smallest absolute Gasteiger partial charge is 0.137 e. The Balaban J connectivity index is 0.928. The fourth-order valence-electron chi connectivity index (χ4n) is 13.6. The van der Waals surface area contributed by atoms with Gasteiger partial charge in [0, 0.05) is 67.8 Å². The molecule has 13 rings (SSSR count). The predicted octanol–water partition coefficient (Wildman–Crippen LogP) is 15.9. The number of hydrogen-bond donors (Lipinski definition) is 0. The van der Waals surface area contributed by atoms with Crippen molar-refractivity contribution in [3.63, 3.8) is 0 Å². The molecule has 1 fully saturated rings. The van der Waals surface area contributed by atoms with Gasteiger partial charge in [0.2, 0.25) is 0 Å². The average molecular weight is 833 g/mol. The zero-order valence-electron chi connectivity index (χ0n) is 36.8. The highest BCUT2D eigenvalue weighted by molar-refractivity contribution is 5.94. The third-order valence-corrected chi connectivity index (χ3v) is 16.3. The highest BCUT2D eigenvalue weighted by Gasteiger charge is 2.56. The van der Waals surface area contributed by atoms with Gasteiger partial charge in [-0.1, -0.05) is 134 Å². The van der Waals surface area contributed by atoms with Gasteiger partial charge in [-0.25, -0.2) is 0 Å². The maximum atomic E-state index is 6.63. The van der Waals surface area contributed by atoms with Crippen molar-refractivity contribution in [3.05, 3.63) is 208 Å². The number of fused-ring (bicyclic) bond motifs is 9. The third-order valence-electron chi connectivity index (χ3n) is 16.3. The maximum absolute atomic E-state index is 6.63. The van der Waals surface area contributed by atoms with Crippen LogP contribution in [-0.2, 0) is 18.3 Å². The lowest BCUT2D eigenvalue weighted by Gasteiger charge is -2.46. The number of anilines is 2. The Hall–Kier alpha value is -6.32. The van der Waals surface area contributed by atoms with Crippen molar-refractivity contribution >= 4 is 45.4 Å². The summed E-state index contributed by atoms with van der Waals surface area (Å²) in [6.07, 6.45) is 33.8. The van der Waals surface area contributed by atoms with E-state index in [0.29, 0.717) is 23.7 Å². The minimum absolute atomic E-state index is 0.0472. The molecule has 2 heterocycles. The second-order valence-electron chi connectivity index (χ2n) is 19.5. The molecule has 0 spiro atoms. The van der Waals surface area contributed by atoms with Crippen molar-refractivity contribution in [3.8, 4) is 5.69 Å². The second kappa shape index (κ2) is 15.4. The molecule has 4 unspecified atom stereocenters. The fraction of sp³-hybridized carbons (Fsp3) is 0.279. The summed E-state index contributed by atoms with van der Waals surface area (Å²) < 4.78 is 9.13. The highest BCUT2D eigenvalue weighted by Crippen LogP contribution is 2.63. The van der Waals surface area contributed by atoms with Crippen LogP contribution in [0.2, 0.25) is 0 Å². The third kappa shape index (κ3) is 5.92. The minimum atomic E-state index is -0.0472. The van der Waals surface area contributed by atoms with E-state index in [9.17, 15) is 0 Å². The predicted molar refractivity (Wildman–Crippen MR) is 265 cm³/mol. The van der Waals surface area contributed by atoms with Crippen molar-refractivity contribution in [1.82, 2.24) is 4.57 Å². The lowest BCUT2D eigenvalue weighted by molar-refractivity contribution is 0.187. The number of allylic oxidation sites excluding steroid dienone is 7. The lowest BCUT2D eigenvalue weighted by atomic mass is 9.56. The van der Waals surface area contributed by atoms with Crippen LogP contribution in [0.4, 0.5) is 11.4 Å². The molecule has 7 aromatic rings. The van der Waals surface area contributed by atoms with Crippen LogP contribution in [0.5, 0.6) is 0 Å². The van der Waals surface area contributed by atoms with Gasteiger partial charge in [0.25, 0.3) is 0 Å². The molecule has 1 saturated carbocycles. The van der Waals surface area contributed by atoms with Crippen LogP contribution in [-0.4, -0.2) is 4.57 Å². The monoisotopic (exact) mass is 832 g/mol. The Kier molecular flexibility index (Phi) is 9.21. The minimum Gasteiger partial charge on any atom is -0.456 e. The van der Waals surface area contributed by atoms with E-state index in [4.69, 9.17) is 4.42 Å². The van der Waals surface area contributed by atoms with E-state index in [0.717, 1.165) is 55.6 Å². The van der Waals surface area contributed by atoms with Gasteiger partial charge >= 0.3 is 0 Å². The van der Waals surface area contributed by atoms with Gasteiger partial charge < -0.3 is 13.9 Å². The van der Waals surface area contributed by atoms with Crippen molar-refractivity contribution in [2.24, 2.45) is 17.8 Å². The SMILES string of the molecule is C1=Cc2oc3cc(N(C4=CCC(C5=Cc6c(n(-c7ccccc7)c7ccccc67)CC5)C=C4)c4ccc5c(c4)C(c4ccccc4)(C4CCCCC4)C4C=CCCC54)ccc3c2CC1. The maximum Gasteiger partial charge on any atom is 0.137 e. The van der Waals surface area contributed by atoms with Crippen molar-refractivity contribution in [1.29, 1.82) is 0 Å². The van der Waals surface area contributed by atoms with Gasteiger partial charge in [-0.2, -0.15) is 0 Å². The van der Waals surface area contributed by atoms with Gasteiger partial charge in [-0.3, -0.25) is 0 Å². The number of rotatable bonds is 7. The van der Waals surface area contributed by atoms with Gasteiger partial charge in [0.1, 0.15) is 11.3 Å². The largest absolute Gasteiger partial charge is 0.456 e. The first-order chi connectivity index (χ1) is 31.7. The summed E-state index contributed by atoms with van der Waals surface area (Å²) in [4.78, 5) is 2.55. The lowest BCUT2D eigenvalue weighted by Crippen LogP contribution is -2.42. The summed E-state index contributed by atoms with van der Waals surface area (Å²) in [6, 6.07) is 46.2. The molecule has 0 saturated heterocycles. The summed E-state index contributed by atoms with van der Waals surface area (Å²) in [5.74, 6) is 3.02. The number of aromatic nitrogens is 1. The van der Waals surface area contributed by atoms with Crippen LogP contribution in [0.15, 0.2) is 173 Å². The summed E-state index contributed by atoms with van der Waals surface area (Å²) in [7, 11) is 0. The van der Waals surface area contributed by atoms with E-state index in [-0.39, 0.29) is 5.41 Å². The molecule has 2 aromatic heterocycles. The van der Waals surface area contributed by atoms with Gasteiger partial charge in [-0.05, 0) is 147 Å². The number of benzene rings is 5. The van der Waals surface area contributed by atoms with Gasteiger partial charge in [0.15, 0.2) is 0 Å². The van der Waals surface area contributed by atoms with Gasteiger partial charge in [-0.15, -0.1) is 0 Å². The summed E-state index contributed by atoms with van der Waals surface area (Å²) in [5.41, 5.74) is 17.5. The highest BCUT2D eigenvalue weighted by atomic mass is 16.3. The molecule has 0 radical (unpaired) electrons. The first-order valence-electron chi connectivity index (χ1n) is 24.4. The Morgan fingerprint density at radius 1 is 0.672 bits per heavy atom. The van der Waals surface area contributed by atoms with E-state index < -0.39 is 0 Å². The molecule has 0 aliphatic heterocycles. The number of hydrogen-bond acceptors (Lipinski definition) is 2. The zero-order valence-corrected chi connectivity index (χ0v) is 36.8. The number of aryl methyl sites for hydroxylation is 1. The topological polar surface area (TPSA) is 21.3 Å². The van der Waals surface area contributed by atoms with E-state index in [1.165, 1.54) is 99.8 Å². The van der Waals surface area contributed by atoms with Crippen molar-refractivity contribution in [2.75, 3.05) is 4.90 Å². The first-order valence-corrected chi connectivity index (χ1v) is 24.4. The molecule has 3 nitrogen and oxygen atoms in total. The summed E-state index contributed by atoms with van der Waals surface area (Å²) in [6.45, 7) is 0. The molecule has 5 aromatic carbocycles. The molecule has 0 bridgehead atoms. The first kappa shape index (κ1) is 38.2. The molecule has 0 N–H and O–H groups in total. The van der Waals surface area contributed by atoms with Crippen LogP contribution < -0.4 is 4.90 Å². The van der Waals surface area contributed by atoms with E-state index in [2.05, 4.69) is 179 Å². The number of nitrogens with zero attached hydrogens (tertiary/aromatic N) is 2. The molecule has 6 aliphatic carbocycles. The van der Waals surface area contributed by atoms with E-state index in [1.54, 1.807) is 11.1 Å². The van der Waals surface area contributed by atoms with Crippen molar-refractivity contribution in [2.45, 2.75) is 88.4 Å². The summed E-state index contributed by atoms with van der Waals surface area (Å²) in [5, 5.41) is 2.59. The summed E-state index contributed by atoms with van der Waals surface area (Å²) >= 11 is 0. The Bertz CT molecular complexity index is 3090. The quantitative estimate of drug-likeness (QED) is 0.149. The van der Waals surface area contributed by atoms with E-state index >= 15 is 0 Å². The molecule has 4 atom stereocenters. The molecule has 3 heteroatoms. The Morgan fingerprint density at radius 2 is 1.48 bits per heavy atom. The number of furan rings is 1.